The Morgan fingerprint density at radius 2 is 2.24 bits per heavy atom. The standard InChI is InChI=1S/C14H19N3O4/c1-15(2)7-11-6-12(19)8-16(11)13-4-3-10(9-18)5-14(13)17(20)21/h3-5,9,11-12,19H,6-8H2,1-2H3. The Bertz CT molecular complexity index is 547. The van der Waals surface area contributed by atoms with Crippen LogP contribution in [0.5, 0.6) is 0 Å². The van der Waals surface area contributed by atoms with E-state index in [1.165, 1.54) is 6.07 Å². The molecule has 0 amide bonds. The average molecular weight is 293 g/mol. The molecule has 1 fully saturated rings. The number of carbonyl (C=O) groups excluding carboxylic acids is 1. The van der Waals surface area contributed by atoms with Crippen LogP contribution < -0.4 is 4.90 Å². The summed E-state index contributed by atoms with van der Waals surface area (Å²) in [4.78, 5) is 25.4. The summed E-state index contributed by atoms with van der Waals surface area (Å²) in [5.74, 6) is 0. The van der Waals surface area contributed by atoms with Gasteiger partial charge >= 0.3 is 0 Å². The normalized spacial score (nSPS) is 21.8. The Kier molecular flexibility index (Phi) is 4.54. The summed E-state index contributed by atoms with van der Waals surface area (Å²) in [5.41, 5.74) is 0.626. The van der Waals surface area contributed by atoms with Gasteiger partial charge in [0.15, 0.2) is 0 Å². The third-order valence-electron chi connectivity index (χ3n) is 3.61. The zero-order valence-electron chi connectivity index (χ0n) is 12.1. The van der Waals surface area contributed by atoms with Crippen LogP contribution in [0.3, 0.4) is 0 Å². The number of likely N-dealkylation sites (N-methyl/N-ethyl adjacent to an activating group) is 1. The van der Waals surface area contributed by atoms with Crippen molar-refractivity contribution in [3.8, 4) is 0 Å². The van der Waals surface area contributed by atoms with Gasteiger partial charge < -0.3 is 14.9 Å². The van der Waals surface area contributed by atoms with Gasteiger partial charge in [-0.15, -0.1) is 0 Å². The first kappa shape index (κ1) is 15.4. The van der Waals surface area contributed by atoms with Crippen molar-refractivity contribution in [1.29, 1.82) is 0 Å². The SMILES string of the molecule is CN(C)CC1CC(O)CN1c1ccc(C=O)cc1[N+](=O)[O-]. The monoisotopic (exact) mass is 293 g/mol. The summed E-state index contributed by atoms with van der Waals surface area (Å²) in [6.45, 7) is 1.06. The van der Waals surface area contributed by atoms with Gasteiger partial charge in [-0.25, -0.2) is 0 Å². The van der Waals surface area contributed by atoms with E-state index in [9.17, 15) is 20.0 Å². The Morgan fingerprint density at radius 3 is 2.81 bits per heavy atom. The highest BCUT2D eigenvalue weighted by atomic mass is 16.6. The molecule has 1 aromatic carbocycles. The minimum absolute atomic E-state index is 0.00998. The van der Waals surface area contributed by atoms with Gasteiger partial charge in [0.1, 0.15) is 12.0 Å². The quantitative estimate of drug-likeness (QED) is 0.493. The van der Waals surface area contributed by atoms with Gasteiger partial charge in [-0.3, -0.25) is 14.9 Å². The molecule has 0 radical (unpaired) electrons. The second-order valence-corrected chi connectivity index (χ2v) is 5.58. The number of nitrogens with zero attached hydrogens (tertiary/aromatic N) is 3. The zero-order chi connectivity index (χ0) is 15.6. The number of aliphatic hydroxyl groups is 1. The zero-order valence-corrected chi connectivity index (χ0v) is 12.1. The molecule has 1 aliphatic rings. The third-order valence-corrected chi connectivity index (χ3v) is 3.61. The van der Waals surface area contributed by atoms with Crippen molar-refractivity contribution in [2.45, 2.75) is 18.6 Å². The Hall–Kier alpha value is -1.99. The summed E-state index contributed by atoms with van der Waals surface area (Å²) in [6, 6.07) is 4.44. The van der Waals surface area contributed by atoms with E-state index in [0.717, 1.165) is 0 Å². The maximum Gasteiger partial charge on any atom is 0.293 e. The lowest BCUT2D eigenvalue weighted by Gasteiger charge is -2.28. The number of carbonyl (C=O) groups is 1. The van der Waals surface area contributed by atoms with E-state index in [-0.39, 0.29) is 17.3 Å². The van der Waals surface area contributed by atoms with Crippen LogP contribution in [0.4, 0.5) is 11.4 Å². The van der Waals surface area contributed by atoms with Gasteiger partial charge in [0, 0.05) is 30.8 Å². The minimum atomic E-state index is -0.500. The predicted molar refractivity (Wildman–Crippen MR) is 78.8 cm³/mol. The van der Waals surface area contributed by atoms with Crippen molar-refractivity contribution in [3.05, 3.63) is 33.9 Å². The molecule has 0 spiro atoms. The van der Waals surface area contributed by atoms with E-state index < -0.39 is 11.0 Å². The maximum atomic E-state index is 11.2. The number of aldehydes is 1. The van der Waals surface area contributed by atoms with Crippen LogP contribution >= 0.6 is 0 Å². The van der Waals surface area contributed by atoms with E-state index in [4.69, 9.17) is 0 Å². The van der Waals surface area contributed by atoms with Gasteiger partial charge in [-0.05, 0) is 32.6 Å². The Balaban J connectivity index is 2.39. The molecule has 0 aliphatic carbocycles. The van der Waals surface area contributed by atoms with Crippen molar-refractivity contribution < 1.29 is 14.8 Å². The second-order valence-electron chi connectivity index (χ2n) is 5.58. The summed E-state index contributed by atoms with van der Waals surface area (Å²) in [6.07, 6.45) is 0.665. The fourth-order valence-corrected chi connectivity index (χ4v) is 2.78. The number of hydrogen-bond acceptors (Lipinski definition) is 6. The van der Waals surface area contributed by atoms with E-state index in [1.807, 2.05) is 23.9 Å². The minimum Gasteiger partial charge on any atom is -0.391 e. The molecule has 1 saturated heterocycles. The van der Waals surface area contributed by atoms with Crippen molar-refractivity contribution in [3.63, 3.8) is 0 Å². The van der Waals surface area contributed by atoms with Gasteiger partial charge in [0.25, 0.3) is 5.69 Å². The third kappa shape index (κ3) is 3.37. The van der Waals surface area contributed by atoms with Crippen molar-refractivity contribution in [2.75, 3.05) is 32.1 Å². The topological polar surface area (TPSA) is 86.9 Å². The second kappa shape index (κ2) is 6.19. The first-order valence-corrected chi connectivity index (χ1v) is 6.75. The molecule has 0 aromatic heterocycles. The molecule has 1 aromatic rings. The first-order chi connectivity index (χ1) is 9.92. The van der Waals surface area contributed by atoms with Crippen LogP contribution in [0.15, 0.2) is 18.2 Å². The Labute approximate surface area is 122 Å². The highest BCUT2D eigenvalue weighted by molar-refractivity contribution is 5.80. The van der Waals surface area contributed by atoms with Gasteiger partial charge in [-0.1, -0.05) is 0 Å². The van der Waals surface area contributed by atoms with E-state index >= 15 is 0 Å². The summed E-state index contributed by atoms with van der Waals surface area (Å²) < 4.78 is 0. The molecule has 7 heteroatoms. The van der Waals surface area contributed by atoms with Crippen molar-refractivity contribution in [1.82, 2.24) is 4.90 Å². The van der Waals surface area contributed by atoms with Crippen LogP contribution in [0.25, 0.3) is 0 Å². The number of aliphatic hydroxyl groups excluding tert-OH is 1. The largest absolute Gasteiger partial charge is 0.391 e. The Morgan fingerprint density at radius 1 is 1.52 bits per heavy atom. The summed E-state index contributed by atoms with van der Waals surface area (Å²) in [5, 5.41) is 21.1. The van der Waals surface area contributed by atoms with Crippen LogP contribution in [0, 0.1) is 10.1 Å². The molecule has 1 heterocycles. The lowest BCUT2D eigenvalue weighted by Crippen LogP contribution is -2.37. The fourth-order valence-electron chi connectivity index (χ4n) is 2.78. The van der Waals surface area contributed by atoms with Gasteiger partial charge in [-0.2, -0.15) is 0 Å². The molecule has 1 N–H and O–H groups in total. The van der Waals surface area contributed by atoms with Crippen LogP contribution in [0.1, 0.15) is 16.8 Å². The maximum absolute atomic E-state index is 11.2. The summed E-state index contributed by atoms with van der Waals surface area (Å²) in [7, 11) is 3.85. The van der Waals surface area contributed by atoms with E-state index in [2.05, 4.69) is 0 Å². The molecule has 0 bridgehead atoms. The highest BCUT2D eigenvalue weighted by Gasteiger charge is 2.34. The van der Waals surface area contributed by atoms with E-state index in [1.54, 1.807) is 12.1 Å². The fraction of sp³-hybridized carbons (Fsp3) is 0.500. The number of benzene rings is 1. The average Bonchev–Trinajstić information content (AvgIpc) is 2.77. The van der Waals surface area contributed by atoms with Crippen LogP contribution in [-0.4, -0.2) is 60.5 Å². The molecule has 7 nitrogen and oxygen atoms in total. The number of β-amino-alcohol motifs (C(OH)–C–C–N with tert-alkyl or cyclic N) is 1. The number of hydrogen-bond donors (Lipinski definition) is 1. The molecule has 114 valence electrons. The number of anilines is 1. The van der Waals surface area contributed by atoms with Crippen LogP contribution in [-0.2, 0) is 0 Å². The highest BCUT2D eigenvalue weighted by Crippen LogP contribution is 2.34. The van der Waals surface area contributed by atoms with Crippen molar-refractivity contribution in [2.24, 2.45) is 0 Å². The first-order valence-electron chi connectivity index (χ1n) is 6.75. The molecule has 2 unspecified atom stereocenters. The molecule has 21 heavy (non-hydrogen) atoms. The van der Waals surface area contributed by atoms with Gasteiger partial charge in [0.05, 0.1) is 11.0 Å². The van der Waals surface area contributed by atoms with Crippen LogP contribution in [0.2, 0.25) is 0 Å². The predicted octanol–water partition coefficient (Wildman–Crippen LogP) is 0.909. The molecular formula is C14H19N3O4. The summed E-state index contributed by atoms with van der Waals surface area (Å²) >= 11 is 0. The number of nitro benzene ring substituents is 1. The van der Waals surface area contributed by atoms with E-state index in [0.29, 0.717) is 31.5 Å². The number of nitro groups is 1. The van der Waals surface area contributed by atoms with Gasteiger partial charge in [0.2, 0.25) is 0 Å². The lowest BCUT2D eigenvalue weighted by molar-refractivity contribution is -0.384. The van der Waals surface area contributed by atoms with Crippen molar-refractivity contribution >= 4 is 17.7 Å². The molecule has 2 rings (SSSR count). The molecule has 2 atom stereocenters. The lowest BCUT2D eigenvalue weighted by atomic mass is 10.1. The molecular weight excluding hydrogens is 274 g/mol. The number of rotatable bonds is 5. The smallest absolute Gasteiger partial charge is 0.293 e. The molecule has 1 aliphatic heterocycles. The molecule has 0 saturated carbocycles.